The smallest absolute Gasteiger partial charge is 0.260 e. The summed E-state index contributed by atoms with van der Waals surface area (Å²) in [6, 6.07) is 15.8. The Morgan fingerprint density at radius 1 is 1.00 bits per heavy atom. The lowest BCUT2D eigenvalue weighted by Crippen LogP contribution is -2.56. The van der Waals surface area contributed by atoms with Crippen molar-refractivity contribution in [3.63, 3.8) is 0 Å². The minimum Gasteiger partial charge on any atom is -0.495 e. The summed E-state index contributed by atoms with van der Waals surface area (Å²) in [5.74, 6) is 1.50. The molecule has 2 aliphatic rings. The number of nitrogens with zero attached hydrogens (tertiary/aromatic N) is 3. The van der Waals surface area contributed by atoms with Crippen LogP contribution in [-0.2, 0) is 4.79 Å². The minimum atomic E-state index is 0.0253. The number of benzene rings is 2. The molecular formula is C24H30ClN3O3. The molecule has 0 radical (unpaired) electrons. The van der Waals surface area contributed by atoms with E-state index in [0.717, 1.165) is 63.5 Å². The zero-order valence-corrected chi connectivity index (χ0v) is 18.8. The number of likely N-dealkylation sites (tertiary alicyclic amines) is 1. The predicted octanol–water partition coefficient (Wildman–Crippen LogP) is 3.54. The number of ether oxygens (including phenoxy) is 2. The zero-order valence-electron chi connectivity index (χ0n) is 18.0. The van der Waals surface area contributed by atoms with Crippen LogP contribution in [-0.4, -0.2) is 74.7 Å². The van der Waals surface area contributed by atoms with E-state index in [1.807, 2.05) is 29.2 Å². The Morgan fingerprint density at radius 2 is 1.71 bits per heavy atom. The number of para-hydroxylation sites is 3. The normalized spacial score (nSPS) is 19.9. The molecule has 2 fully saturated rings. The van der Waals surface area contributed by atoms with Crippen molar-refractivity contribution in [3.8, 4) is 11.5 Å². The van der Waals surface area contributed by atoms with Gasteiger partial charge in [0, 0.05) is 45.3 Å². The van der Waals surface area contributed by atoms with Crippen LogP contribution in [0, 0.1) is 0 Å². The van der Waals surface area contributed by atoms with Crippen LogP contribution >= 0.6 is 11.6 Å². The summed E-state index contributed by atoms with van der Waals surface area (Å²) in [5.41, 5.74) is 1.15. The van der Waals surface area contributed by atoms with Crippen molar-refractivity contribution in [1.29, 1.82) is 0 Å². The van der Waals surface area contributed by atoms with Gasteiger partial charge in [0.05, 0.1) is 17.8 Å². The molecule has 2 saturated heterocycles. The maximum absolute atomic E-state index is 12.7. The number of halogens is 1. The third kappa shape index (κ3) is 5.25. The first kappa shape index (κ1) is 21.8. The van der Waals surface area contributed by atoms with Crippen LogP contribution in [0.2, 0.25) is 5.02 Å². The van der Waals surface area contributed by atoms with Gasteiger partial charge in [0.2, 0.25) is 0 Å². The van der Waals surface area contributed by atoms with E-state index in [-0.39, 0.29) is 12.5 Å². The van der Waals surface area contributed by atoms with E-state index in [1.54, 1.807) is 19.2 Å². The predicted molar refractivity (Wildman–Crippen MR) is 123 cm³/mol. The fraction of sp³-hybridized carbons (Fsp3) is 0.458. The molecule has 1 amide bonds. The Balaban J connectivity index is 1.29. The van der Waals surface area contributed by atoms with E-state index in [2.05, 4.69) is 21.9 Å². The van der Waals surface area contributed by atoms with Crippen molar-refractivity contribution in [1.82, 2.24) is 9.80 Å². The van der Waals surface area contributed by atoms with Crippen LogP contribution in [0.1, 0.15) is 12.8 Å². The summed E-state index contributed by atoms with van der Waals surface area (Å²) in [6.07, 6.45) is 2.15. The lowest BCUT2D eigenvalue weighted by atomic mass is 10.0. The van der Waals surface area contributed by atoms with Crippen LogP contribution in [0.4, 0.5) is 5.69 Å². The monoisotopic (exact) mass is 443 g/mol. The van der Waals surface area contributed by atoms with E-state index < -0.39 is 0 Å². The van der Waals surface area contributed by atoms with Gasteiger partial charge in [0.1, 0.15) is 11.5 Å². The standard InChI is InChI=1S/C24H30ClN3O3/c1-30-23-11-5-3-9-21(23)27-15-13-26(14-16-27)19-7-6-12-28(17-19)24(29)18-31-22-10-4-2-8-20(22)25/h2-5,8-11,19H,6-7,12-18H2,1H3/t19-/m1/s1. The van der Waals surface area contributed by atoms with Crippen molar-refractivity contribution in [3.05, 3.63) is 53.6 Å². The second-order valence-corrected chi connectivity index (χ2v) is 8.46. The van der Waals surface area contributed by atoms with Crippen LogP contribution in [0.15, 0.2) is 48.5 Å². The van der Waals surface area contributed by atoms with Gasteiger partial charge in [-0.25, -0.2) is 0 Å². The molecule has 1 atom stereocenters. The number of methoxy groups -OCH3 is 1. The molecule has 6 nitrogen and oxygen atoms in total. The molecule has 31 heavy (non-hydrogen) atoms. The minimum absolute atomic E-state index is 0.0253. The highest BCUT2D eigenvalue weighted by atomic mass is 35.5. The molecule has 4 rings (SSSR count). The molecule has 0 aliphatic carbocycles. The largest absolute Gasteiger partial charge is 0.495 e. The number of amides is 1. The summed E-state index contributed by atoms with van der Waals surface area (Å²) in [4.78, 5) is 19.6. The molecule has 2 aromatic carbocycles. The molecule has 0 N–H and O–H groups in total. The number of anilines is 1. The second kappa shape index (κ2) is 10.2. The maximum atomic E-state index is 12.7. The summed E-state index contributed by atoms with van der Waals surface area (Å²) < 4.78 is 11.2. The van der Waals surface area contributed by atoms with Gasteiger partial charge in [-0.1, -0.05) is 35.9 Å². The highest BCUT2D eigenvalue weighted by Crippen LogP contribution is 2.29. The number of piperazine rings is 1. The number of rotatable bonds is 6. The molecule has 0 unspecified atom stereocenters. The highest BCUT2D eigenvalue weighted by Gasteiger charge is 2.30. The fourth-order valence-electron chi connectivity index (χ4n) is 4.49. The average Bonchev–Trinajstić information content (AvgIpc) is 2.83. The molecule has 0 spiro atoms. The van der Waals surface area contributed by atoms with Gasteiger partial charge in [-0.3, -0.25) is 9.69 Å². The Labute approximate surface area is 189 Å². The molecule has 0 saturated carbocycles. The van der Waals surface area contributed by atoms with Gasteiger partial charge in [-0.05, 0) is 37.1 Å². The molecule has 7 heteroatoms. The average molecular weight is 444 g/mol. The van der Waals surface area contributed by atoms with E-state index >= 15 is 0 Å². The number of piperidine rings is 1. The van der Waals surface area contributed by atoms with Crippen LogP contribution in [0.25, 0.3) is 0 Å². The number of carbonyl (C=O) groups is 1. The topological polar surface area (TPSA) is 45.2 Å². The van der Waals surface area contributed by atoms with Gasteiger partial charge in [-0.15, -0.1) is 0 Å². The molecular weight excluding hydrogens is 414 g/mol. The summed E-state index contributed by atoms with van der Waals surface area (Å²) in [7, 11) is 1.72. The van der Waals surface area contributed by atoms with Gasteiger partial charge in [-0.2, -0.15) is 0 Å². The van der Waals surface area contributed by atoms with Gasteiger partial charge < -0.3 is 19.3 Å². The van der Waals surface area contributed by atoms with Crippen molar-refractivity contribution >= 4 is 23.2 Å². The van der Waals surface area contributed by atoms with Crippen molar-refractivity contribution in [2.24, 2.45) is 0 Å². The quantitative estimate of drug-likeness (QED) is 0.683. The molecule has 0 bridgehead atoms. The van der Waals surface area contributed by atoms with Gasteiger partial charge in [0.25, 0.3) is 5.91 Å². The van der Waals surface area contributed by atoms with Gasteiger partial charge >= 0.3 is 0 Å². The molecule has 2 heterocycles. The second-order valence-electron chi connectivity index (χ2n) is 8.05. The van der Waals surface area contributed by atoms with E-state index in [9.17, 15) is 4.79 Å². The fourth-order valence-corrected chi connectivity index (χ4v) is 4.68. The molecule has 0 aromatic heterocycles. The highest BCUT2D eigenvalue weighted by molar-refractivity contribution is 6.32. The molecule has 2 aromatic rings. The lowest BCUT2D eigenvalue weighted by molar-refractivity contribution is -0.135. The Bertz CT molecular complexity index is 886. The zero-order chi connectivity index (χ0) is 21.6. The number of carbonyl (C=O) groups excluding carboxylic acids is 1. The van der Waals surface area contributed by atoms with Crippen LogP contribution < -0.4 is 14.4 Å². The summed E-state index contributed by atoms with van der Waals surface area (Å²) in [6.45, 7) is 5.47. The van der Waals surface area contributed by atoms with Crippen molar-refractivity contribution < 1.29 is 14.3 Å². The van der Waals surface area contributed by atoms with E-state index in [0.29, 0.717) is 16.8 Å². The number of hydrogen-bond acceptors (Lipinski definition) is 5. The molecule has 166 valence electrons. The first-order valence-electron chi connectivity index (χ1n) is 10.9. The van der Waals surface area contributed by atoms with E-state index in [4.69, 9.17) is 21.1 Å². The van der Waals surface area contributed by atoms with Crippen molar-refractivity contribution in [2.75, 3.05) is 57.9 Å². The van der Waals surface area contributed by atoms with Crippen LogP contribution in [0.5, 0.6) is 11.5 Å². The van der Waals surface area contributed by atoms with Gasteiger partial charge in [0.15, 0.2) is 6.61 Å². The third-order valence-corrected chi connectivity index (χ3v) is 6.51. The first-order chi connectivity index (χ1) is 15.2. The lowest BCUT2D eigenvalue weighted by Gasteiger charge is -2.44. The summed E-state index contributed by atoms with van der Waals surface area (Å²) >= 11 is 6.12. The SMILES string of the molecule is COc1ccccc1N1CCN([C@@H]2CCCN(C(=O)COc3ccccc3Cl)C2)CC1. The Morgan fingerprint density at radius 3 is 2.45 bits per heavy atom. The third-order valence-electron chi connectivity index (χ3n) is 6.19. The summed E-state index contributed by atoms with van der Waals surface area (Å²) in [5, 5.41) is 0.528. The first-order valence-corrected chi connectivity index (χ1v) is 11.3. The Kier molecular flexibility index (Phi) is 7.20. The maximum Gasteiger partial charge on any atom is 0.260 e. The Hall–Kier alpha value is -2.44. The number of hydrogen-bond donors (Lipinski definition) is 0. The van der Waals surface area contributed by atoms with E-state index in [1.165, 1.54) is 0 Å². The molecule has 2 aliphatic heterocycles. The van der Waals surface area contributed by atoms with Crippen molar-refractivity contribution in [2.45, 2.75) is 18.9 Å². The van der Waals surface area contributed by atoms with Crippen LogP contribution in [0.3, 0.4) is 0 Å².